The summed E-state index contributed by atoms with van der Waals surface area (Å²) in [5.74, 6) is 2.04. The average molecular weight is 495 g/mol. The predicted molar refractivity (Wildman–Crippen MR) is 140 cm³/mol. The van der Waals surface area contributed by atoms with Crippen LogP contribution in [0.2, 0.25) is 10.0 Å². The minimum absolute atomic E-state index is 0.0159. The Bertz CT molecular complexity index is 1330. The lowest BCUT2D eigenvalue weighted by Gasteiger charge is -2.32. The van der Waals surface area contributed by atoms with Gasteiger partial charge in [-0.3, -0.25) is 0 Å². The first-order valence-corrected chi connectivity index (χ1v) is 12.3. The molecule has 0 fully saturated rings. The Kier molecular flexibility index (Phi) is 6.48. The zero-order chi connectivity index (χ0) is 23.8. The van der Waals surface area contributed by atoms with Gasteiger partial charge < -0.3 is 19.8 Å². The summed E-state index contributed by atoms with van der Waals surface area (Å²) in [6.07, 6.45) is 0. The van der Waals surface area contributed by atoms with E-state index < -0.39 is 0 Å². The monoisotopic (exact) mass is 494 g/mol. The Morgan fingerprint density at radius 1 is 1.00 bits per heavy atom. The second-order valence-electron chi connectivity index (χ2n) is 9.17. The zero-order valence-corrected chi connectivity index (χ0v) is 21.0. The molecular weight excluding hydrogens is 467 g/mol. The molecule has 176 valence electrons. The quantitative estimate of drug-likeness (QED) is 0.294. The molecule has 0 saturated carbocycles. The van der Waals surface area contributed by atoms with Crippen molar-refractivity contribution in [2.45, 2.75) is 25.8 Å². The summed E-state index contributed by atoms with van der Waals surface area (Å²) in [6, 6.07) is 20.4. The molecule has 5 rings (SSSR count). The van der Waals surface area contributed by atoms with E-state index in [4.69, 9.17) is 32.7 Å². The minimum atomic E-state index is -0.0159. The predicted octanol–water partition coefficient (Wildman–Crippen LogP) is 7.34. The number of H-pyrrole nitrogens is 1. The molecule has 4 nitrogen and oxygen atoms in total. The van der Waals surface area contributed by atoms with Crippen LogP contribution in [0.3, 0.4) is 0 Å². The van der Waals surface area contributed by atoms with Crippen LogP contribution < -0.4 is 14.8 Å². The molecule has 0 bridgehead atoms. The summed E-state index contributed by atoms with van der Waals surface area (Å²) in [7, 11) is 1.68. The standard InChI is InChI=1S/C28H28Cl2N2O2/c1-16(2)15-34-24-11-8-17(12-25(24)33-3)27-28-26(20-6-4-5-7-23(20)32-28)21(14-31-27)19-10-9-18(29)13-22(19)30/h4-13,16,21,27,31-32H,14-15H2,1-3H3/t21-,27-/m1/s1. The Labute approximate surface area is 210 Å². The SMILES string of the molecule is COc1cc([C@H]2NC[C@H](c3ccc(Cl)cc3Cl)c3c2[nH]c2ccccc32)ccc1OCC(C)C. The van der Waals surface area contributed by atoms with Gasteiger partial charge >= 0.3 is 0 Å². The molecule has 0 unspecified atom stereocenters. The van der Waals surface area contributed by atoms with Crippen molar-refractivity contribution in [3.05, 3.63) is 93.1 Å². The maximum absolute atomic E-state index is 6.66. The van der Waals surface area contributed by atoms with Crippen molar-refractivity contribution >= 4 is 34.1 Å². The fourth-order valence-electron chi connectivity index (χ4n) is 4.80. The smallest absolute Gasteiger partial charge is 0.161 e. The highest BCUT2D eigenvalue weighted by molar-refractivity contribution is 6.35. The molecule has 0 spiro atoms. The Morgan fingerprint density at radius 2 is 1.82 bits per heavy atom. The van der Waals surface area contributed by atoms with Gasteiger partial charge in [-0.25, -0.2) is 0 Å². The third kappa shape index (κ3) is 4.26. The maximum Gasteiger partial charge on any atom is 0.161 e. The van der Waals surface area contributed by atoms with E-state index in [0.717, 1.165) is 40.4 Å². The van der Waals surface area contributed by atoms with Crippen molar-refractivity contribution in [2.24, 2.45) is 5.92 Å². The first-order valence-electron chi connectivity index (χ1n) is 11.6. The molecule has 6 heteroatoms. The Balaban J connectivity index is 1.59. The highest BCUT2D eigenvalue weighted by Gasteiger charge is 2.33. The van der Waals surface area contributed by atoms with Crippen LogP contribution in [0, 0.1) is 5.92 Å². The van der Waals surface area contributed by atoms with Crippen LogP contribution >= 0.6 is 23.2 Å². The molecule has 2 N–H and O–H groups in total. The number of para-hydroxylation sites is 1. The molecule has 1 aliphatic heterocycles. The zero-order valence-electron chi connectivity index (χ0n) is 19.5. The molecule has 1 aromatic heterocycles. The molecular formula is C28H28Cl2N2O2. The highest BCUT2D eigenvalue weighted by Crippen LogP contribution is 2.44. The van der Waals surface area contributed by atoms with Gasteiger partial charge in [0.2, 0.25) is 0 Å². The van der Waals surface area contributed by atoms with Crippen molar-refractivity contribution in [3.63, 3.8) is 0 Å². The number of benzene rings is 3. The number of halogens is 2. The summed E-state index contributed by atoms with van der Waals surface area (Å²) in [4.78, 5) is 3.68. The lowest BCUT2D eigenvalue weighted by Crippen LogP contribution is -2.34. The first-order chi connectivity index (χ1) is 16.5. The second kappa shape index (κ2) is 9.53. The maximum atomic E-state index is 6.66. The number of aromatic amines is 1. The van der Waals surface area contributed by atoms with Crippen LogP contribution in [0.4, 0.5) is 0 Å². The number of rotatable bonds is 6. The van der Waals surface area contributed by atoms with Crippen LogP contribution in [-0.4, -0.2) is 25.2 Å². The third-order valence-corrected chi connectivity index (χ3v) is 6.93. The van der Waals surface area contributed by atoms with E-state index in [1.54, 1.807) is 7.11 Å². The number of methoxy groups -OCH3 is 1. The normalized spacial score (nSPS) is 17.7. The van der Waals surface area contributed by atoms with Crippen LogP contribution in [-0.2, 0) is 0 Å². The van der Waals surface area contributed by atoms with Gasteiger partial charge in [-0.2, -0.15) is 0 Å². The van der Waals surface area contributed by atoms with Gasteiger partial charge in [-0.15, -0.1) is 0 Å². The number of ether oxygens (including phenoxy) is 2. The molecule has 3 aromatic carbocycles. The van der Waals surface area contributed by atoms with Gasteiger partial charge in [-0.1, -0.05) is 67.4 Å². The fourth-order valence-corrected chi connectivity index (χ4v) is 5.34. The van der Waals surface area contributed by atoms with Crippen molar-refractivity contribution < 1.29 is 9.47 Å². The van der Waals surface area contributed by atoms with Gasteiger partial charge in [0.05, 0.1) is 19.8 Å². The van der Waals surface area contributed by atoms with Gasteiger partial charge in [0.25, 0.3) is 0 Å². The van der Waals surface area contributed by atoms with Crippen LogP contribution in [0.15, 0.2) is 60.7 Å². The Morgan fingerprint density at radius 3 is 2.59 bits per heavy atom. The minimum Gasteiger partial charge on any atom is -0.493 e. The molecule has 1 aliphatic rings. The van der Waals surface area contributed by atoms with Crippen molar-refractivity contribution in [1.82, 2.24) is 10.3 Å². The van der Waals surface area contributed by atoms with Crippen molar-refractivity contribution in [3.8, 4) is 11.5 Å². The topological polar surface area (TPSA) is 46.3 Å². The lowest BCUT2D eigenvalue weighted by molar-refractivity contribution is 0.256. The van der Waals surface area contributed by atoms with E-state index in [2.05, 4.69) is 60.5 Å². The first kappa shape index (κ1) is 23.1. The van der Waals surface area contributed by atoms with Crippen LogP contribution in [0.5, 0.6) is 11.5 Å². The lowest BCUT2D eigenvalue weighted by atomic mass is 9.83. The molecule has 2 heterocycles. The van der Waals surface area contributed by atoms with E-state index in [9.17, 15) is 0 Å². The number of fused-ring (bicyclic) bond motifs is 3. The number of nitrogens with one attached hydrogen (secondary N) is 2. The van der Waals surface area contributed by atoms with Crippen molar-refractivity contribution in [2.75, 3.05) is 20.3 Å². The van der Waals surface area contributed by atoms with E-state index >= 15 is 0 Å². The molecule has 34 heavy (non-hydrogen) atoms. The summed E-state index contributed by atoms with van der Waals surface area (Å²) in [5.41, 5.74) is 5.70. The summed E-state index contributed by atoms with van der Waals surface area (Å²) >= 11 is 12.8. The van der Waals surface area contributed by atoms with E-state index in [1.807, 2.05) is 24.3 Å². The molecule has 0 aliphatic carbocycles. The molecule has 4 aromatic rings. The van der Waals surface area contributed by atoms with Gasteiger partial charge in [0, 0.05) is 39.1 Å². The highest BCUT2D eigenvalue weighted by atomic mass is 35.5. The van der Waals surface area contributed by atoms with Gasteiger partial charge in [0.1, 0.15) is 0 Å². The van der Waals surface area contributed by atoms with Crippen LogP contribution in [0.25, 0.3) is 10.9 Å². The second-order valence-corrected chi connectivity index (χ2v) is 10.0. The van der Waals surface area contributed by atoms with Gasteiger partial charge in [0.15, 0.2) is 11.5 Å². The molecule has 2 atom stereocenters. The van der Waals surface area contributed by atoms with Crippen LogP contribution in [0.1, 0.15) is 48.2 Å². The van der Waals surface area contributed by atoms with E-state index in [-0.39, 0.29) is 12.0 Å². The summed E-state index contributed by atoms with van der Waals surface area (Å²) < 4.78 is 11.6. The summed E-state index contributed by atoms with van der Waals surface area (Å²) in [5, 5.41) is 6.28. The third-order valence-electron chi connectivity index (χ3n) is 6.37. The van der Waals surface area contributed by atoms with E-state index in [0.29, 0.717) is 22.6 Å². The fraction of sp³-hybridized carbons (Fsp3) is 0.286. The largest absolute Gasteiger partial charge is 0.493 e. The number of hydrogen-bond acceptors (Lipinski definition) is 3. The van der Waals surface area contributed by atoms with Crippen molar-refractivity contribution in [1.29, 1.82) is 0 Å². The number of aromatic nitrogens is 1. The molecule has 0 amide bonds. The molecule has 0 radical (unpaired) electrons. The Hall–Kier alpha value is -2.66. The van der Waals surface area contributed by atoms with Gasteiger partial charge in [-0.05, 0) is 52.9 Å². The average Bonchev–Trinajstić information content (AvgIpc) is 3.22. The molecule has 0 saturated heterocycles. The van der Waals surface area contributed by atoms with E-state index in [1.165, 1.54) is 10.9 Å². The summed E-state index contributed by atoms with van der Waals surface area (Å²) in [6.45, 7) is 5.66. The number of hydrogen-bond donors (Lipinski definition) is 2.